The molecule has 0 aliphatic heterocycles. The topological polar surface area (TPSA) is 99.1 Å². The number of aliphatic hydroxyl groups is 1. The second-order valence-corrected chi connectivity index (χ2v) is 8.18. The SMILES string of the molecule is CC(C)(C)OC(=O)C(O)(CC(=O)OCc1ccccc1)CC(=O)OCc1ccccc1. The summed E-state index contributed by atoms with van der Waals surface area (Å²) in [6.45, 7) is 4.80. The van der Waals surface area contributed by atoms with Crippen LogP contribution in [0.2, 0.25) is 0 Å². The highest BCUT2D eigenvalue weighted by atomic mass is 16.6. The molecule has 0 bridgehead atoms. The minimum atomic E-state index is -2.41. The predicted octanol–water partition coefficient (Wildman–Crippen LogP) is 3.33. The van der Waals surface area contributed by atoms with Gasteiger partial charge in [0.2, 0.25) is 0 Å². The van der Waals surface area contributed by atoms with E-state index in [0.29, 0.717) is 0 Å². The van der Waals surface area contributed by atoms with Crippen LogP contribution in [0.15, 0.2) is 60.7 Å². The molecule has 0 spiro atoms. The first-order valence-electron chi connectivity index (χ1n) is 9.92. The summed E-state index contributed by atoms with van der Waals surface area (Å²) in [6.07, 6.45) is -1.48. The summed E-state index contributed by atoms with van der Waals surface area (Å²) >= 11 is 0. The number of benzene rings is 2. The van der Waals surface area contributed by atoms with Crippen molar-refractivity contribution in [1.29, 1.82) is 0 Å². The van der Waals surface area contributed by atoms with Crippen LogP contribution >= 0.6 is 0 Å². The first kappa shape index (κ1) is 24.1. The first-order chi connectivity index (χ1) is 14.6. The summed E-state index contributed by atoms with van der Waals surface area (Å²) in [7, 11) is 0. The normalized spacial score (nSPS) is 11.5. The van der Waals surface area contributed by atoms with Crippen LogP contribution in [-0.4, -0.2) is 34.2 Å². The molecule has 0 radical (unpaired) electrons. The molecular weight excluding hydrogens is 400 g/mol. The molecule has 0 heterocycles. The number of rotatable bonds is 9. The fraction of sp³-hybridized carbons (Fsp3) is 0.375. The van der Waals surface area contributed by atoms with Crippen molar-refractivity contribution < 1.29 is 33.7 Å². The minimum Gasteiger partial charge on any atom is -0.461 e. The molecular formula is C24H28O7. The first-order valence-corrected chi connectivity index (χ1v) is 9.92. The second kappa shape index (κ2) is 10.7. The van der Waals surface area contributed by atoms with Crippen LogP contribution in [0.3, 0.4) is 0 Å². The van der Waals surface area contributed by atoms with Crippen LogP contribution in [0, 0.1) is 0 Å². The molecule has 7 heteroatoms. The molecule has 0 saturated carbocycles. The average molecular weight is 428 g/mol. The van der Waals surface area contributed by atoms with E-state index in [2.05, 4.69) is 0 Å². The van der Waals surface area contributed by atoms with E-state index in [9.17, 15) is 19.5 Å². The van der Waals surface area contributed by atoms with Gasteiger partial charge in [-0.2, -0.15) is 0 Å². The molecule has 166 valence electrons. The third-order valence-corrected chi connectivity index (χ3v) is 4.14. The Morgan fingerprint density at radius 1 is 0.742 bits per heavy atom. The Hall–Kier alpha value is -3.19. The van der Waals surface area contributed by atoms with Gasteiger partial charge in [-0.25, -0.2) is 4.79 Å². The van der Waals surface area contributed by atoms with Crippen molar-refractivity contribution in [3.8, 4) is 0 Å². The summed E-state index contributed by atoms with van der Waals surface area (Å²) in [5.74, 6) is -2.77. The Kier molecular flexibility index (Phi) is 8.33. The van der Waals surface area contributed by atoms with Crippen molar-refractivity contribution in [2.24, 2.45) is 0 Å². The van der Waals surface area contributed by atoms with E-state index in [1.807, 2.05) is 12.1 Å². The van der Waals surface area contributed by atoms with Crippen molar-refractivity contribution in [2.45, 2.75) is 58.0 Å². The highest BCUT2D eigenvalue weighted by Crippen LogP contribution is 2.23. The van der Waals surface area contributed by atoms with Crippen LogP contribution in [0.1, 0.15) is 44.7 Å². The molecule has 0 aliphatic rings. The van der Waals surface area contributed by atoms with E-state index in [1.165, 1.54) is 0 Å². The molecule has 0 amide bonds. The van der Waals surface area contributed by atoms with Crippen molar-refractivity contribution in [3.63, 3.8) is 0 Å². The molecule has 0 aromatic heterocycles. The molecule has 2 rings (SSSR count). The Morgan fingerprint density at radius 2 is 1.13 bits per heavy atom. The quantitative estimate of drug-likeness (QED) is 0.483. The van der Waals surface area contributed by atoms with Gasteiger partial charge in [0.1, 0.15) is 18.8 Å². The van der Waals surface area contributed by atoms with Gasteiger partial charge >= 0.3 is 17.9 Å². The van der Waals surface area contributed by atoms with Gasteiger partial charge in [-0.3, -0.25) is 9.59 Å². The Morgan fingerprint density at radius 3 is 1.48 bits per heavy atom. The highest BCUT2D eigenvalue weighted by molar-refractivity contribution is 5.90. The third-order valence-electron chi connectivity index (χ3n) is 4.14. The Balaban J connectivity index is 2.03. The number of carbonyl (C=O) groups excluding carboxylic acids is 3. The average Bonchev–Trinajstić information content (AvgIpc) is 2.71. The van der Waals surface area contributed by atoms with Crippen molar-refractivity contribution in [1.82, 2.24) is 0 Å². The maximum absolute atomic E-state index is 12.6. The second-order valence-electron chi connectivity index (χ2n) is 8.18. The molecule has 7 nitrogen and oxygen atoms in total. The minimum absolute atomic E-state index is 0.0253. The summed E-state index contributed by atoms with van der Waals surface area (Å²) < 4.78 is 15.5. The van der Waals surface area contributed by atoms with E-state index in [-0.39, 0.29) is 13.2 Å². The van der Waals surface area contributed by atoms with Gasteiger partial charge in [0.15, 0.2) is 5.60 Å². The van der Waals surface area contributed by atoms with E-state index < -0.39 is 42.0 Å². The monoisotopic (exact) mass is 428 g/mol. The smallest absolute Gasteiger partial charge is 0.339 e. The fourth-order valence-corrected chi connectivity index (χ4v) is 2.64. The fourth-order valence-electron chi connectivity index (χ4n) is 2.64. The lowest BCUT2D eigenvalue weighted by Crippen LogP contribution is -2.47. The van der Waals surface area contributed by atoms with Gasteiger partial charge in [0, 0.05) is 0 Å². The zero-order valence-electron chi connectivity index (χ0n) is 18.0. The molecule has 2 aromatic carbocycles. The number of esters is 3. The maximum Gasteiger partial charge on any atom is 0.339 e. The highest BCUT2D eigenvalue weighted by Gasteiger charge is 2.44. The van der Waals surface area contributed by atoms with E-state index >= 15 is 0 Å². The van der Waals surface area contributed by atoms with Gasteiger partial charge < -0.3 is 19.3 Å². The Labute approximate surface area is 181 Å². The van der Waals surface area contributed by atoms with Crippen molar-refractivity contribution in [3.05, 3.63) is 71.8 Å². The lowest BCUT2D eigenvalue weighted by atomic mass is 9.95. The van der Waals surface area contributed by atoms with Crippen LogP contribution in [0.25, 0.3) is 0 Å². The van der Waals surface area contributed by atoms with Crippen LogP contribution < -0.4 is 0 Å². The lowest BCUT2D eigenvalue weighted by molar-refractivity contribution is -0.186. The predicted molar refractivity (Wildman–Crippen MR) is 113 cm³/mol. The number of hydrogen-bond donors (Lipinski definition) is 1. The van der Waals surface area contributed by atoms with Gasteiger partial charge in [-0.05, 0) is 31.9 Å². The number of carbonyl (C=O) groups is 3. The molecule has 0 atom stereocenters. The third kappa shape index (κ3) is 8.60. The van der Waals surface area contributed by atoms with Gasteiger partial charge in [-0.1, -0.05) is 60.7 Å². The van der Waals surface area contributed by atoms with Crippen LogP contribution in [0.4, 0.5) is 0 Å². The van der Waals surface area contributed by atoms with E-state index in [0.717, 1.165) is 11.1 Å². The molecule has 0 unspecified atom stereocenters. The maximum atomic E-state index is 12.6. The Bertz CT molecular complexity index is 812. The van der Waals surface area contributed by atoms with E-state index in [1.54, 1.807) is 69.3 Å². The zero-order chi connectivity index (χ0) is 22.9. The summed E-state index contributed by atoms with van der Waals surface area (Å²) in [6, 6.07) is 17.9. The van der Waals surface area contributed by atoms with Gasteiger partial charge in [0.05, 0.1) is 12.8 Å². The zero-order valence-corrected chi connectivity index (χ0v) is 18.0. The van der Waals surface area contributed by atoms with E-state index in [4.69, 9.17) is 14.2 Å². The number of hydrogen-bond acceptors (Lipinski definition) is 7. The summed E-state index contributed by atoms with van der Waals surface area (Å²) in [4.78, 5) is 37.3. The molecule has 0 fully saturated rings. The van der Waals surface area contributed by atoms with Crippen molar-refractivity contribution in [2.75, 3.05) is 0 Å². The number of ether oxygens (including phenoxy) is 3. The molecule has 0 saturated heterocycles. The van der Waals surface area contributed by atoms with Crippen LogP contribution in [-0.2, 0) is 41.8 Å². The molecule has 31 heavy (non-hydrogen) atoms. The summed E-state index contributed by atoms with van der Waals surface area (Å²) in [5.41, 5.74) is -1.83. The molecule has 1 N–H and O–H groups in total. The van der Waals surface area contributed by atoms with Gasteiger partial charge in [0.25, 0.3) is 0 Å². The molecule has 0 aliphatic carbocycles. The van der Waals surface area contributed by atoms with Crippen LogP contribution in [0.5, 0.6) is 0 Å². The largest absolute Gasteiger partial charge is 0.461 e. The standard InChI is InChI=1S/C24H28O7/c1-23(2,3)31-22(27)24(28,14-20(25)29-16-18-10-6-4-7-11-18)15-21(26)30-17-19-12-8-5-9-13-19/h4-13,28H,14-17H2,1-3H3. The van der Waals surface area contributed by atoms with Gasteiger partial charge in [-0.15, -0.1) is 0 Å². The molecule has 2 aromatic rings. The summed E-state index contributed by atoms with van der Waals surface area (Å²) in [5, 5.41) is 10.9. The van der Waals surface area contributed by atoms with Crippen molar-refractivity contribution >= 4 is 17.9 Å². The lowest BCUT2D eigenvalue weighted by Gasteiger charge is -2.29.